The van der Waals surface area contributed by atoms with Gasteiger partial charge in [0.25, 0.3) is 15.6 Å². The highest BCUT2D eigenvalue weighted by molar-refractivity contribution is 7.91. The Morgan fingerprint density at radius 2 is 1.93 bits per heavy atom. The Labute approximate surface area is 168 Å². The smallest absolute Gasteiger partial charge is 0.253 e. The number of nitrogens with one attached hydrogen (secondary N) is 2. The molecule has 1 fully saturated rings. The maximum absolute atomic E-state index is 12.7. The normalized spacial score (nSPS) is 15.5. The van der Waals surface area contributed by atoms with E-state index in [9.17, 15) is 18.0 Å². The summed E-state index contributed by atoms with van der Waals surface area (Å²) >= 11 is 1.13. The molecule has 9 heteroatoms. The van der Waals surface area contributed by atoms with Crippen LogP contribution >= 0.6 is 11.3 Å². The summed E-state index contributed by atoms with van der Waals surface area (Å²) < 4.78 is 27.2. The van der Waals surface area contributed by atoms with Crippen LogP contribution in [0.1, 0.15) is 41.0 Å². The number of hydrogen-bond donors (Lipinski definition) is 2. The van der Waals surface area contributed by atoms with E-state index in [1.807, 2.05) is 19.9 Å². The molecule has 0 unspecified atom stereocenters. The van der Waals surface area contributed by atoms with Crippen LogP contribution in [0.25, 0.3) is 0 Å². The first-order valence-corrected chi connectivity index (χ1v) is 11.6. The summed E-state index contributed by atoms with van der Waals surface area (Å²) in [6, 6.07) is 5.12. The second-order valence-corrected chi connectivity index (χ2v) is 10.4. The first kappa shape index (κ1) is 20.8. The molecule has 0 radical (unpaired) electrons. The van der Waals surface area contributed by atoms with Crippen molar-refractivity contribution in [2.24, 2.45) is 0 Å². The van der Waals surface area contributed by atoms with Crippen LogP contribution in [0.2, 0.25) is 0 Å². The number of rotatable bonds is 6. The lowest BCUT2D eigenvalue weighted by atomic mass is 10.1. The van der Waals surface area contributed by atoms with Gasteiger partial charge in [0.2, 0.25) is 5.91 Å². The molecule has 1 aliphatic heterocycles. The highest BCUT2D eigenvalue weighted by Gasteiger charge is 2.27. The number of carbonyl (C=O) groups is 1. The van der Waals surface area contributed by atoms with E-state index in [4.69, 9.17) is 0 Å². The van der Waals surface area contributed by atoms with E-state index in [0.29, 0.717) is 23.5 Å². The molecule has 152 valence electrons. The van der Waals surface area contributed by atoms with Crippen LogP contribution in [-0.4, -0.2) is 36.7 Å². The highest BCUT2D eigenvalue weighted by Crippen LogP contribution is 2.27. The Hall–Kier alpha value is -1.97. The third-order valence-electron chi connectivity index (χ3n) is 4.84. The molecule has 1 amide bonds. The number of carbonyl (C=O) groups excluding carboxylic acids is 1. The number of aromatic amines is 1. The minimum Gasteiger partial charge on any atom is -0.351 e. The summed E-state index contributed by atoms with van der Waals surface area (Å²) in [6.45, 7) is 4.90. The number of amides is 1. The van der Waals surface area contributed by atoms with Crippen molar-refractivity contribution in [2.75, 3.05) is 13.1 Å². The number of pyridine rings is 1. The van der Waals surface area contributed by atoms with Gasteiger partial charge in [-0.3, -0.25) is 9.59 Å². The van der Waals surface area contributed by atoms with Crippen LogP contribution in [0.3, 0.4) is 0 Å². The van der Waals surface area contributed by atoms with Gasteiger partial charge in [-0.25, -0.2) is 8.42 Å². The topological polar surface area (TPSA) is 99.3 Å². The molecule has 28 heavy (non-hydrogen) atoms. The van der Waals surface area contributed by atoms with E-state index in [0.717, 1.165) is 41.9 Å². The molecule has 2 aromatic heterocycles. The van der Waals surface area contributed by atoms with Crippen molar-refractivity contribution in [3.05, 3.63) is 50.3 Å². The Bertz CT molecular complexity index is 1020. The summed E-state index contributed by atoms with van der Waals surface area (Å²) in [5, 5.41) is 2.75. The van der Waals surface area contributed by atoms with Gasteiger partial charge in [0.1, 0.15) is 4.21 Å². The van der Waals surface area contributed by atoms with Gasteiger partial charge in [-0.2, -0.15) is 4.31 Å². The summed E-state index contributed by atoms with van der Waals surface area (Å²) in [7, 11) is -3.47. The van der Waals surface area contributed by atoms with Gasteiger partial charge in [0.15, 0.2) is 0 Å². The van der Waals surface area contributed by atoms with Crippen molar-refractivity contribution in [2.45, 2.75) is 50.3 Å². The molecule has 0 aliphatic carbocycles. The van der Waals surface area contributed by atoms with Crippen LogP contribution < -0.4 is 10.9 Å². The molecule has 2 N–H and O–H groups in total. The molecule has 1 saturated heterocycles. The van der Waals surface area contributed by atoms with E-state index < -0.39 is 10.0 Å². The number of hydrogen-bond acceptors (Lipinski definition) is 5. The lowest BCUT2D eigenvalue weighted by Crippen LogP contribution is -2.35. The fourth-order valence-corrected chi connectivity index (χ4v) is 6.36. The van der Waals surface area contributed by atoms with Gasteiger partial charge in [-0.15, -0.1) is 11.3 Å². The number of sulfonamides is 1. The molecule has 7 nitrogen and oxygen atoms in total. The third-order valence-corrected chi connectivity index (χ3v) is 8.29. The van der Waals surface area contributed by atoms with Crippen molar-refractivity contribution in [3.8, 4) is 0 Å². The molecule has 3 heterocycles. The fourth-order valence-electron chi connectivity index (χ4n) is 3.33. The van der Waals surface area contributed by atoms with Gasteiger partial charge in [0, 0.05) is 35.8 Å². The maximum atomic E-state index is 12.7. The molecule has 0 spiro atoms. The molecule has 0 bridgehead atoms. The Morgan fingerprint density at radius 3 is 2.61 bits per heavy atom. The molecule has 2 aromatic rings. The summed E-state index contributed by atoms with van der Waals surface area (Å²) in [4.78, 5) is 27.7. The number of nitrogens with zero attached hydrogens (tertiary/aromatic N) is 1. The summed E-state index contributed by atoms with van der Waals surface area (Å²) in [5.41, 5.74) is 1.92. The summed E-state index contributed by atoms with van der Waals surface area (Å²) in [6.07, 6.45) is 2.92. The highest BCUT2D eigenvalue weighted by atomic mass is 32.2. The van der Waals surface area contributed by atoms with E-state index >= 15 is 0 Å². The molecule has 0 aromatic carbocycles. The van der Waals surface area contributed by atoms with Crippen molar-refractivity contribution >= 4 is 27.3 Å². The van der Waals surface area contributed by atoms with Crippen LogP contribution in [0.4, 0.5) is 0 Å². The number of aryl methyl sites for hydroxylation is 2. The van der Waals surface area contributed by atoms with Crippen LogP contribution in [0.5, 0.6) is 0 Å². The first-order chi connectivity index (χ1) is 13.3. The van der Waals surface area contributed by atoms with E-state index in [2.05, 4.69) is 10.3 Å². The third kappa shape index (κ3) is 4.71. The second-order valence-electron chi connectivity index (χ2n) is 7.08. The zero-order valence-corrected chi connectivity index (χ0v) is 17.7. The van der Waals surface area contributed by atoms with E-state index in [1.54, 1.807) is 12.1 Å². The molecular formula is C19H25N3O4S2. The lowest BCUT2D eigenvalue weighted by Gasteiger charge is -2.25. The van der Waals surface area contributed by atoms with Gasteiger partial charge < -0.3 is 10.3 Å². The lowest BCUT2D eigenvalue weighted by molar-refractivity contribution is -0.120. The van der Waals surface area contributed by atoms with Crippen molar-refractivity contribution < 1.29 is 13.2 Å². The molecule has 0 atom stereocenters. The summed E-state index contributed by atoms with van der Waals surface area (Å²) in [5.74, 6) is -0.247. The maximum Gasteiger partial charge on any atom is 0.253 e. The predicted molar refractivity (Wildman–Crippen MR) is 109 cm³/mol. The number of piperidine rings is 1. The zero-order chi connectivity index (χ0) is 20.3. The second kappa shape index (κ2) is 8.59. The van der Waals surface area contributed by atoms with Crippen LogP contribution in [-0.2, 0) is 27.8 Å². The van der Waals surface area contributed by atoms with Gasteiger partial charge in [-0.05, 0) is 50.5 Å². The monoisotopic (exact) mass is 423 g/mol. The minimum atomic E-state index is -3.47. The molecule has 0 saturated carbocycles. The van der Waals surface area contributed by atoms with E-state index in [1.165, 1.54) is 4.31 Å². The number of thiophene rings is 1. The van der Waals surface area contributed by atoms with Crippen molar-refractivity contribution in [1.82, 2.24) is 14.6 Å². The average molecular weight is 424 g/mol. The van der Waals surface area contributed by atoms with Crippen LogP contribution in [0.15, 0.2) is 27.2 Å². The zero-order valence-electron chi connectivity index (χ0n) is 16.1. The van der Waals surface area contributed by atoms with Crippen molar-refractivity contribution in [3.63, 3.8) is 0 Å². The van der Waals surface area contributed by atoms with Crippen molar-refractivity contribution in [1.29, 1.82) is 0 Å². The first-order valence-electron chi connectivity index (χ1n) is 9.32. The number of aromatic nitrogens is 1. The van der Waals surface area contributed by atoms with Gasteiger partial charge in [-0.1, -0.05) is 6.42 Å². The Morgan fingerprint density at radius 1 is 1.21 bits per heavy atom. The minimum absolute atomic E-state index is 0.0863. The quantitative estimate of drug-likeness (QED) is 0.743. The van der Waals surface area contributed by atoms with E-state index in [-0.39, 0.29) is 28.6 Å². The standard InChI is InChI=1S/C19H25N3O4S2/c1-13-10-14(2)21-19(24)16(13)12-20-17(23)11-15-6-7-18(27-15)28(25,26)22-8-4-3-5-9-22/h6-7,10H,3-5,8-9,11-12H2,1-2H3,(H,20,23)(H,21,24). The number of H-pyrrole nitrogens is 1. The molecule has 3 rings (SSSR count). The Kier molecular flexibility index (Phi) is 6.36. The Balaban J connectivity index is 1.62. The molecular weight excluding hydrogens is 398 g/mol. The molecule has 1 aliphatic rings. The average Bonchev–Trinajstić information content (AvgIpc) is 3.11. The fraction of sp³-hybridized carbons (Fsp3) is 0.474. The SMILES string of the molecule is Cc1cc(C)c(CNC(=O)Cc2ccc(S(=O)(=O)N3CCCCC3)s2)c(=O)[nH]1. The largest absolute Gasteiger partial charge is 0.351 e. The van der Waals surface area contributed by atoms with Crippen LogP contribution in [0, 0.1) is 13.8 Å². The van der Waals surface area contributed by atoms with Gasteiger partial charge in [0.05, 0.1) is 6.42 Å². The van der Waals surface area contributed by atoms with Gasteiger partial charge >= 0.3 is 0 Å². The predicted octanol–water partition coefficient (Wildman–Crippen LogP) is 2.09.